The second-order valence-corrected chi connectivity index (χ2v) is 8.24. The number of unbranched alkanes of at least 4 members (excludes halogenated alkanes) is 1. The van der Waals surface area contributed by atoms with Crippen LogP contribution < -0.4 is 4.74 Å². The summed E-state index contributed by atoms with van der Waals surface area (Å²) in [6.45, 7) is 2.82. The largest absolute Gasteiger partial charge is 0.494 e. The van der Waals surface area contributed by atoms with Crippen LogP contribution in [0, 0.1) is 29.3 Å². The predicted molar refractivity (Wildman–Crippen MR) is 130 cm³/mol. The monoisotopic (exact) mass is 458 g/mol. The molecule has 34 heavy (non-hydrogen) atoms. The Balaban J connectivity index is 1.43. The number of ether oxygens (including phenoxy) is 1. The molecule has 4 aromatic rings. The molecule has 0 unspecified atom stereocenters. The molecule has 172 valence electrons. The summed E-state index contributed by atoms with van der Waals surface area (Å²) in [5.41, 5.74) is 2.00. The van der Waals surface area contributed by atoms with Gasteiger partial charge in [-0.15, -0.1) is 0 Å². The molecule has 1 nitrogen and oxygen atoms in total. The summed E-state index contributed by atoms with van der Waals surface area (Å²) in [5, 5.41) is 1.55. The second-order valence-electron chi connectivity index (χ2n) is 8.24. The lowest BCUT2D eigenvalue weighted by Gasteiger charge is -2.07. The average molecular weight is 459 g/mol. The first-order valence-corrected chi connectivity index (χ1v) is 11.4. The van der Waals surface area contributed by atoms with Crippen molar-refractivity contribution in [1.82, 2.24) is 0 Å². The zero-order chi connectivity index (χ0) is 23.9. The predicted octanol–water partition coefficient (Wildman–Crippen LogP) is 7.62. The van der Waals surface area contributed by atoms with E-state index >= 15 is 0 Å². The molecular formula is C30H25F3O. The summed E-state index contributed by atoms with van der Waals surface area (Å²) in [5.74, 6) is 4.59. The molecule has 0 aliphatic rings. The van der Waals surface area contributed by atoms with Crippen molar-refractivity contribution in [2.75, 3.05) is 6.61 Å². The van der Waals surface area contributed by atoms with Crippen LogP contribution in [0.15, 0.2) is 72.8 Å². The van der Waals surface area contributed by atoms with Gasteiger partial charge in [0.2, 0.25) is 0 Å². The fraction of sp³-hybridized carbons (Fsp3) is 0.200. The molecule has 0 radical (unpaired) electrons. The number of fused-ring (bicyclic) bond motifs is 1. The fourth-order valence-corrected chi connectivity index (χ4v) is 3.69. The molecule has 0 saturated carbocycles. The van der Waals surface area contributed by atoms with E-state index in [1.807, 2.05) is 24.3 Å². The number of hydrogen-bond donors (Lipinski definition) is 0. The highest BCUT2D eigenvalue weighted by atomic mass is 19.1. The molecule has 0 amide bonds. The van der Waals surface area contributed by atoms with Gasteiger partial charge in [-0.2, -0.15) is 0 Å². The molecule has 0 atom stereocenters. The molecule has 0 bridgehead atoms. The molecule has 0 heterocycles. The number of halogens is 3. The minimum absolute atomic E-state index is 0.253. The SMILES string of the molecule is CCCCOc1ccc(CCc2cc(F)c(C#Cc3ccc4cc(F)ccc4c3)c(F)c2)cc1. The van der Waals surface area contributed by atoms with Crippen molar-refractivity contribution in [3.05, 3.63) is 113 Å². The Morgan fingerprint density at radius 1 is 0.706 bits per heavy atom. The van der Waals surface area contributed by atoms with Crippen molar-refractivity contribution >= 4 is 10.8 Å². The van der Waals surface area contributed by atoms with Crippen molar-refractivity contribution in [2.24, 2.45) is 0 Å². The maximum atomic E-state index is 14.6. The lowest BCUT2D eigenvalue weighted by Crippen LogP contribution is -1.98. The highest BCUT2D eigenvalue weighted by Crippen LogP contribution is 2.20. The molecule has 4 aromatic carbocycles. The molecule has 4 heteroatoms. The third-order valence-corrected chi connectivity index (χ3v) is 5.63. The topological polar surface area (TPSA) is 9.23 Å². The number of aryl methyl sites for hydroxylation is 2. The molecular weight excluding hydrogens is 433 g/mol. The molecule has 4 rings (SSSR count). The summed E-state index contributed by atoms with van der Waals surface area (Å²) in [6, 6.07) is 20.2. The fourth-order valence-electron chi connectivity index (χ4n) is 3.69. The van der Waals surface area contributed by atoms with Gasteiger partial charge in [0, 0.05) is 5.56 Å². The van der Waals surface area contributed by atoms with E-state index in [4.69, 9.17) is 4.74 Å². The van der Waals surface area contributed by atoms with Crippen LogP contribution in [-0.4, -0.2) is 6.61 Å². The maximum Gasteiger partial charge on any atom is 0.142 e. The van der Waals surface area contributed by atoms with E-state index in [1.165, 1.54) is 24.3 Å². The number of hydrogen-bond acceptors (Lipinski definition) is 1. The Labute approximate surface area is 198 Å². The highest BCUT2D eigenvalue weighted by Gasteiger charge is 2.10. The zero-order valence-corrected chi connectivity index (χ0v) is 19.0. The van der Waals surface area contributed by atoms with E-state index in [1.54, 1.807) is 24.3 Å². The van der Waals surface area contributed by atoms with Crippen LogP contribution in [0.5, 0.6) is 5.75 Å². The minimum Gasteiger partial charge on any atom is -0.494 e. The van der Waals surface area contributed by atoms with Crippen LogP contribution in [0.2, 0.25) is 0 Å². The molecule has 0 aliphatic heterocycles. The Morgan fingerprint density at radius 3 is 2.12 bits per heavy atom. The van der Waals surface area contributed by atoms with Crippen molar-refractivity contribution in [2.45, 2.75) is 32.6 Å². The normalized spacial score (nSPS) is 10.7. The van der Waals surface area contributed by atoms with Gasteiger partial charge >= 0.3 is 0 Å². The van der Waals surface area contributed by atoms with Crippen molar-refractivity contribution in [1.29, 1.82) is 0 Å². The van der Waals surface area contributed by atoms with Gasteiger partial charge in [0.05, 0.1) is 12.2 Å². The lowest BCUT2D eigenvalue weighted by atomic mass is 10.0. The van der Waals surface area contributed by atoms with E-state index in [0.717, 1.165) is 34.9 Å². The highest BCUT2D eigenvalue weighted by molar-refractivity contribution is 5.84. The van der Waals surface area contributed by atoms with E-state index in [9.17, 15) is 13.2 Å². The van der Waals surface area contributed by atoms with Gasteiger partial charge in [-0.3, -0.25) is 0 Å². The van der Waals surface area contributed by atoms with E-state index < -0.39 is 11.6 Å². The van der Waals surface area contributed by atoms with Gasteiger partial charge in [0.1, 0.15) is 23.2 Å². The molecule has 0 N–H and O–H groups in total. The third-order valence-electron chi connectivity index (χ3n) is 5.63. The van der Waals surface area contributed by atoms with E-state index in [-0.39, 0.29) is 11.4 Å². The Bertz CT molecular complexity index is 1320. The molecule has 0 spiro atoms. The van der Waals surface area contributed by atoms with E-state index in [0.29, 0.717) is 30.6 Å². The minimum atomic E-state index is -0.676. The summed E-state index contributed by atoms with van der Waals surface area (Å²) in [6.07, 6.45) is 3.28. The van der Waals surface area contributed by atoms with E-state index in [2.05, 4.69) is 18.8 Å². The van der Waals surface area contributed by atoms with Crippen molar-refractivity contribution in [3.8, 4) is 17.6 Å². The summed E-state index contributed by atoms with van der Waals surface area (Å²) >= 11 is 0. The first kappa shape index (κ1) is 23.4. The lowest BCUT2D eigenvalue weighted by molar-refractivity contribution is 0.309. The van der Waals surface area contributed by atoms with Gasteiger partial charge in [0.15, 0.2) is 0 Å². The molecule has 0 aromatic heterocycles. The zero-order valence-electron chi connectivity index (χ0n) is 19.0. The Morgan fingerprint density at radius 2 is 1.38 bits per heavy atom. The Kier molecular flexibility index (Phi) is 7.54. The summed E-state index contributed by atoms with van der Waals surface area (Å²) in [7, 11) is 0. The third kappa shape index (κ3) is 5.99. The average Bonchev–Trinajstić information content (AvgIpc) is 2.83. The van der Waals surface area contributed by atoms with Crippen LogP contribution in [0.3, 0.4) is 0 Å². The molecule has 0 aliphatic carbocycles. The first-order valence-electron chi connectivity index (χ1n) is 11.4. The maximum absolute atomic E-state index is 14.6. The van der Waals surface area contributed by atoms with Crippen molar-refractivity contribution < 1.29 is 17.9 Å². The van der Waals surface area contributed by atoms with Gasteiger partial charge in [-0.25, -0.2) is 13.2 Å². The van der Waals surface area contributed by atoms with Crippen molar-refractivity contribution in [3.63, 3.8) is 0 Å². The van der Waals surface area contributed by atoms with Crippen LogP contribution in [-0.2, 0) is 12.8 Å². The molecule has 0 saturated heterocycles. The standard InChI is InChI=1S/C30H25F3O/c1-2-3-16-34-27-13-7-21(8-14-27)4-5-23-18-29(32)28(30(33)19-23)15-9-22-6-10-25-20-26(31)12-11-24(25)17-22/h6-8,10-14,17-20H,2-5,16H2,1H3. The van der Waals surface area contributed by atoms with Gasteiger partial charge in [-0.1, -0.05) is 49.5 Å². The van der Waals surface area contributed by atoms with Gasteiger partial charge < -0.3 is 4.74 Å². The second kappa shape index (κ2) is 10.9. The van der Waals surface area contributed by atoms with Gasteiger partial charge in [0.25, 0.3) is 0 Å². The number of rotatable bonds is 7. The Hall–Kier alpha value is -3.71. The van der Waals surface area contributed by atoms with Crippen LogP contribution in [0.1, 0.15) is 42.0 Å². The van der Waals surface area contributed by atoms with Gasteiger partial charge in [-0.05, 0) is 89.7 Å². The first-order chi connectivity index (χ1) is 16.5. The quantitative estimate of drug-likeness (QED) is 0.204. The summed E-state index contributed by atoms with van der Waals surface area (Å²) < 4.78 is 48.3. The molecule has 0 fully saturated rings. The van der Waals surface area contributed by atoms with Crippen LogP contribution in [0.4, 0.5) is 13.2 Å². The van der Waals surface area contributed by atoms with Crippen LogP contribution in [0.25, 0.3) is 10.8 Å². The summed E-state index contributed by atoms with van der Waals surface area (Å²) in [4.78, 5) is 0. The smallest absolute Gasteiger partial charge is 0.142 e. The number of benzene rings is 4. The van der Waals surface area contributed by atoms with Crippen LogP contribution >= 0.6 is 0 Å².